The van der Waals surface area contributed by atoms with Crippen molar-refractivity contribution in [3.63, 3.8) is 0 Å². The summed E-state index contributed by atoms with van der Waals surface area (Å²) < 4.78 is 58.3. The molecule has 0 spiro atoms. The molecule has 12 nitrogen and oxygen atoms in total. The molecule has 4 aromatic rings. The van der Waals surface area contributed by atoms with Gasteiger partial charge in [-0.15, -0.1) is 12.4 Å². The molecule has 0 aliphatic carbocycles. The van der Waals surface area contributed by atoms with Crippen LogP contribution in [0.3, 0.4) is 0 Å². The van der Waals surface area contributed by atoms with Crippen molar-refractivity contribution >= 4 is 41.4 Å². The first-order valence-corrected chi connectivity index (χ1v) is 12.3. The number of anilines is 2. The van der Waals surface area contributed by atoms with Crippen LogP contribution in [0.15, 0.2) is 43.0 Å². The summed E-state index contributed by atoms with van der Waals surface area (Å²) in [5, 5.41) is 15.3. The fourth-order valence-corrected chi connectivity index (χ4v) is 4.54. The molecule has 0 radical (unpaired) electrons. The number of benzene rings is 1. The average Bonchev–Trinajstić information content (AvgIpc) is 3.58. The van der Waals surface area contributed by atoms with Crippen molar-refractivity contribution in [2.24, 2.45) is 5.73 Å². The van der Waals surface area contributed by atoms with Crippen LogP contribution in [0.4, 0.5) is 29.1 Å². The molecule has 2 amide bonds. The van der Waals surface area contributed by atoms with E-state index in [0.29, 0.717) is 13.1 Å². The maximum atomic E-state index is 15.0. The van der Waals surface area contributed by atoms with E-state index in [4.69, 9.17) is 11.0 Å². The molecule has 4 heterocycles. The van der Waals surface area contributed by atoms with Gasteiger partial charge in [0.2, 0.25) is 5.91 Å². The Balaban J connectivity index is 0.00000405. The molecule has 220 valence electrons. The minimum atomic E-state index is -4.78. The maximum absolute atomic E-state index is 15.0. The Bertz CT molecular complexity index is 1670. The number of carbonyl (C=O) groups excluding carboxylic acids is 2. The number of piperazine rings is 1. The Morgan fingerprint density at radius 1 is 1.12 bits per heavy atom. The standard InChI is InChI=1S/C25H22F4N10O2.ClH/c26-18-11-15(1-2-16(18)24(41)37-9-7-36(8-10-37)20(40)12-31)34-22-23-33-13-19(39(23)6-4-32-22)17-14-38(5-3-30)35-21(17)25(27,28)29;/h1-2,4,6,11,13-14H,5,7-10,12,31H2,(H,32,34);1H. The van der Waals surface area contributed by atoms with E-state index < -0.39 is 23.6 Å². The number of carbonyl (C=O) groups is 2. The first-order valence-electron chi connectivity index (χ1n) is 12.3. The second-order valence-corrected chi connectivity index (χ2v) is 9.05. The van der Waals surface area contributed by atoms with Gasteiger partial charge in [-0.05, 0) is 18.2 Å². The number of fused-ring (bicyclic) bond motifs is 1. The van der Waals surface area contributed by atoms with Gasteiger partial charge in [0.05, 0.1) is 35.6 Å². The lowest BCUT2D eigenvalue weighted by Crippen LogP contribution is -2.52. The topological polar surface area (TPSA) is 150 Å². The number of nitriles is 1. The summed E-state index contributed by atoms with van der Waals surface area (Å²) in [4.78, 5) is 36.0. The number of nitrogens with zero attached hydrogens (tertiary/aromatic N) is 8. The molecule has 0 saturated carbocycles. The number of hydrogen-bond acceptors (Lipinski definition) is 8. The van der Waals surface area contributed by atoms with Crippen molar-refractivity contribution in [2.45, 2.75) is 12.7 Å². The number of amides is 2. The lowest BCUT2D eigenvalue weighted by molar-refractivity contribution is -0.141. The number of nitrogens with one attached hydrogen (secondary N) is 1. The second kappa shape index (κ2) is 12.0. The highest BCUT2D eigenvalue weighted by Crippen LogP contribution is 2.37. The molecular formula is C25H23ClF4N10O2. The predicted molar refractivity (Wildman–Crippen MR) is 143 cm³/mol. The van der Waals surface area contributed by atoms with Crippen molar-refractivity contribution in [3.05, 3.63) is 60.1 Å². The zero-order chi connectivity index (χ0) is 29.3. The molecule has 3 aromatic heterocycles. The van der Waals surface area contributed by atoms with Gasteiger partial charge in [0.1, 0.15) is 12.4 Å². The van der Waals surface area contributed by atoms with Crippen LogP contribution in [-0.4, -0.2) is 78.5 Å². The summed E-state index contributed by atoms with van der Waals surface area (Å²) in [5.41, 5.74) is 4.20. The first-order chi connectivity index (χ1) is 19.6. The Hall–Kier alpha value is -4.75. The number of rotatable bonds is 6. The third kappa shape index (κ3) is 5.83. The van der Waals surface area contributed by atoms with E-state index in [1.807, 2.05) is 0 Å². The van der Waals surface area contributed by atoms with Crippen LogP contribution in [0, 0.1) is 17.1 Å². The van der Waals surface area contributed by atoms with E-state index in [9.17, 15) is 22.8 Å². The highest BCUT2D eigenvalue weighted by Gasteiger charge is 2.38. The minimum absolute atomic E-state index is 0. The number of alkyl halides is 3. The third-order valence-corrected chi connectivity index (χ3v) is 6.52. The number of imidazole rings is 1. The van der Waals surface area contributed by atoms with Gasteiger partial charge in [-0.1, -0.05) is 0 Å². The molecular weight excluding hydrogens is 584 g/mol. The molecule has 0 unspecified atom stereocenters. The molecule has 17 heteroatoms. The highest BCUT2D eigenvalue weighted by molar-refractivity contribution is 5.95. The van der Waals surface area contributed by atoms with E-state index in [0.717, 1.165) is 16.9 Å². The van der Waals surface area contributed by atoms with Crippen LogP contribution < -0.4 is 11.1 Å². The van der Waals surface area contributed by atoms with Crippen LogP contribution in [0.25, 0.3) is 16.9 Å². The fourth-order valence-electron chi connectivity index (χ4n) is 4.54. The Kier molecular flexibility index (Phi) is 8.64. The summed E-state index contributed by atoms with van der Waals surface area (Å²) in [7, 11) is 0. The van der Waals surface area contributed by atoms with E-state index in [1.54, 1.807) is 11.0 Å². The molecule has 42 heavy (non-hydrogen) atoms. The summed E-state index contributed by atoms with van der Waals surface area (Å²) in [6.07, 6.45) is 0.295. The Labute approximate surface area is 241 Å². The summed E-state index contributed by atoms with van der Waals surface area (Å²) >= 11 is 0. The summed E-state index contributed by atoms with van der Waals surface area (Å²) in [6.45, 7) is 0.583. The van der Waals surface area contributed by atoms with Crippen molar-refractivity contribution in [3.8, 4) is 17.3 Å². The summed E-state index contributed by atoms with van der Waals surface area (Å²) in [6, 6.07) is 5.63. The normalized spacial score (nSPS) is 13.5. The molecule has 1 aliphatic rings. The Morgan fingerprint density at radius 3 is 2.48 bits per heavy atom. The van der Waals surface area contributed by atoms with Crippen LogP contribution >= 0.6 is 12.4 Å². The molecule has 0 atom stereocenters. The molecule has 0 bridgehead atoms. The fraction of sp³-hybridized carbons (Fsp3) is 0.280. The van der Waals surface area contributed by atoms with Gasteiger partial charge >= 0.3 is 6.18 Å². The number of aromatic nitrogens is 5. The van der Waals surface area contributed by atoms with Crippen molar-refractivity contribution in [1.82, 2.24) is 33.9 Å². The van der Waals surface area contributed by atoms with Gasteiger partial charge < -0.3 is 20.9 Å². The minimum Gasteiger partial charge on any atom is -0.338 e. The van der Waals surface area contributed by atoms with E-state index in [2.05, 4.69) is 20.4 Å². The largest absolute Gasteiger partial charge is 0.435 e. The highest BCUT2D eigenvalue weighted by atomic mass is 35.5. The maximum Gasteiger partial charge on any atom is 0.435 e. The van der Waals surface area contributed by atoms with Crippen LogP contribution in [0.1, 0.15) is 16.1 Å². The monoisotopic (exact) mass is 606 g/mol. The van der Waals surface area contributed by atoms with E-state index in [-0.39, 0.29) is 78.5 Å². The second-order valence-electron chi connectivity index (χ2n) is 9.05. The van der Waals surface area contributed by atoms with E-state index >= 15 is 4.39 Å². The zero-order valence-electron chi connectivity index (χ0n) is 21.7. The van der Waals surface area contributed by atoms with Gasteiger partial charge in [0, 0.05) is 50.5 Å². The van der Waals surface area contributed by atoms with Gasteiger partial charge in [-0.25, -0.2) is 14.4 Å². The van der Waals surface area contributed by atoms with Gasteiger partial charge in [0.25, 0.3) is 5.91 Å². The third-order valence-electron chi connectivity index (χ3n) is 6.52. The number of nitrogens with two attached hydrogens (primary N) is 1. The SMILES string of the molecule is Cl.N#CCn1cc(-c2cnc3c(Nc4ccc(C(=O)N5CCN(C(=O)CN)CC5)c(F)c4)nccn23)c(C(F)(F)F)n1. The van der Waals surface area contributed by atoms with Crippen LogP contribution in [0.5, 0.6) is 0 Å². The molecule has 1 fully saturated rings. The first kappa shape index (κ1) is 30.2. The number of hydrogen-bond donors (Lipinski definition) is 2. The lowest BCUT2D eigenvalue weighted by Gasteiger charge is -2.34. The molecule has 1 aliphatic heterocycles. The zero-order valence-corrected chi connectivity index (χ0v) is 22.5. The van der Waals surface area contributed by atoms with E-state index in [1.165, 1.54) is 40.0 Å². The quantitative estimate of drug-likeness (QED) is 0.318. The Morgan fingerprint density at radius 2 is 1.83 bits per heavy atom. The molecule has 3 N–H and O–H groups in total. The predicted octanol–water partition coefficient (Wildman–Crippen LogP) is 2.68. The smallest absolute Gasteiger partial charge is 0.338 e. The van der Waals surface area contributed by atoms with Gasteiger partial charge in [-0.2, -0.15) is 23.5 Å². The van der Waals surface area contributed by atoms with Gasteiger partial charge in [0.15, 0.2) is 17.2 Å². The summed E-state index contributed by atoms with van der Waals surface area (Å²) in [5.74, 6) is -1.42. The van der Waals surface area contributed by atoms with Crippen molar-refractivity contribution < 1.29 is 27.2 Å². The molecule has 1 saturated heterocycles. The van der Waals surface area contributed by atoms with Crippen LogP contribution in [-0.2, 0) is 17.5 Å². The molecule has 1 aromatic carbocycles. The number of halogens is 5. The van der Waals surface area contributed by atoms with Crippen molar-refractivity contribution in [2.75, 3.05) is 38.0 Å². The van der Waals surface area contributed by atoms with Crippen molar-refractivity contribution in [1.29, 1.82) is 5.26 Å². The van der Waals surface area contributed by atoms with Gasteiger partial charge in [-0.3, -0.25) is 18.7 Å². The molecule has 5 rings (SSSR count). The van der Waals surface area contributed by atoms with Crippen LogP contribution in [0.2, 0.25) is 0 Å². The lowest BCUT2D eigenvalue weighted by atomic mass is 10.1. The average molecular weight is 607 g/mol.